The molecule has 114 valence electrons. The number of carbonyl (C=O) groups excluding carboxylic acids is 1. The zero-order valence-electron chi connectivity index (χ0n) is 12.6. The lowest BCUT2D eigenvalue weighted by molar-refractivity contribution is 0.102. The Labute approximate surface area is 139 Å². The Morgan fingerprint density at radius 3 is 2.48 bits per heavy atom. The first kappa shape index (κ1) is 15.2. The number of carbonyl (C=O) groups is 1. The van der Waals surface area contributed by atoms with Gasteiger partial charge in [-0.15, -0.1) is 10.2 Å². The number of hydrogen-bond donors (Lipinski definition) is 1. The molecule has 23 heavy (non-hydrogen) atoms. The van der Waals surface area contributed by atoms with E-state index in [1.165, 1.54) is 17.3 Å². The summed E-state index contributed by atoms with van der Waals surface area (Å²) in [7, 11) is 0. The van der Waals surface area contributed by atoms with Crippen LogP contribution in [0.5, 0.6) is 0 Å². The molecule has 1 N–H and O–H groups in total. The van der Waals surface area contributed by atoms with E-state index in [4.69, 9.17) is 0 Å². The van der Waals surface area contributed by atoms with Gasteiger partial charge in [-0.1, -0.05) is 47.7 Å². The molecular formula is C18H15N3OS. The second kappa shape index (κ2) is 7.07. The zero-order chi connectivity index (χ0) is 16.1. The molecule has 0 atom stereocenters. The number of amides is 1. The Bertz CT molecular complexity index is 804. The molecule has 2 aromatic carbocycles. The Balaban J connectivity index is 1.68. The van der Waals surface area contributed by atoms with E-state index >= 15 is 0 Å². The minimum atomic E-state index is -0.268. The Hall–Kier alpha value is -2.66. The van der Waals surface area contributed by atoms with Crippen molar-refractivity contribution in [3.8, 4) is 0 Å². The van der Waals surface area contributed by atoms with Gasteiger partial charge in [-0.25, -0.2) is 0 Å². The number of para-hydroxylation sites is 1. The molecule has 0 saturated heterocycles. The molecule has 5 heteroatoms. The van der Waals surface area contributed by atoms with Crippen LogP contribution >= 0.6 is 11.8 Å². The average molecular weight is 321 g/mol. The van der Waals surface area contributed by atoms with Gasteiger partial charge in [-0.05, 0) is 43.3 Å². The van der Waals surface area contributed by atoms with E-state index in [1.54, 1.807) is 12.1 Å². The molecule has 0 aliphatic carbocycles. The van der Waals surface area contributed by atoms with Gasteiger partial charge in [-0.3, -0.25) is 4.79 Å². The standard InChI is InChI=1S/C18H15N3OS/c1-13-6-5-9-15(12-13)23-17-11-10-16(20-21-17)18(22)19-14-7-3-2-4-8-14/h2-12H,1H3,(H,19,22). The first-order valence-electron chi connectivity index (χ1n) is 7.15. The summed E-state index contributed by atoms with van der Waals surface area (Å²) < 4.78 is 0. The summed E-state index contributed by atoms with van der Waals surface area (Å²) in [5, 5.41) is 11.7. The van der Waals surface area contributed by atoms with Gasteiger partial charge in [0, 0.05) is 10.6 Å². The van der Waals surface area contributed by atoms with Crippen LogP contribution in [-0.2, 0) is 0 Å². The topological polar surface area (TPSA) is 54.9 Å². The van der Waals surface area contributed by atoms with Gasteiger partial charge in [0.05, 0.1) is 0 Å². The minimum Gasteiger partial charge on any atom is -0.321 e. The quantitative estimate of drug-likeness (QED) is 0.783. The molecule has 0 spiro atoms. The highest BCUT2D eigenvalue weighted by molar-refractivity contribution is 7.99. The molecule has 0 unspecified atom stereocenters. The highest BCUT2D eigenvalue weighted by atomic mass is 32.2. The number of rotatable bonds is 4. The van der Waals surface area contributed by atoms with Crippen LogP contribution in [0.3, 0.4) is 0 Å². The summed E-state index contributed by atoms with van der Waals surface area (Å²) in [6.07, 6.45) is 0. The average Bonchev–Trinajstić information content (AvgIpc) is 2.56. The summed E-state index contributed by atoms with van der Waals surface area (Å²) in [6.45, 7) is 2.05. The minimum absolute atomic E-state index is 0.268. The highest BCUT2D eigenvalue weighted by Gasteiger charge is 2.09. The second-order valence-corrected chi connectivity index (χ2v) is 6.09. The molecule has 0 radical (unpaired) electrons. The summed E-state index contributed by atoms with van der Waals surface area (Å²) in [6, 6.07) is 20.9. The molecule has 0 aliphatic heterocycles. The molecule has 1 aromatic heterocycles. The molecule has 0 saturated carbocycles. The molecular weight excluding hydrogens is 306 g/mol. The van der Waals surface area contributed by atoms with Crippen LogP contribution < -0.4 is 5.32 Å². The molecule has 0 bridgehead atoms. The predicted octanol–water partition coefficient (Wildman–Crippen LogP) is 4.19. The van der Waals surface area contributed by atoms with E-state index in [0.717, 1.165) is 15.6 Å². The predicted molar refractivity (Wildman–Crippen MR) is 91.7 cm³/mol. The van der Waals surface area contributed by atoms with Crippen LogP contribution in [0, 0.1) is 6.92 Å². The first-order chi connectivity index (χ1) is 11.2. The van der Waals surface area contributed by atoms with Crippen molar-refractivity contribution in [3.63, 3.8) is 0 Å². The Morgan fingerprint density at radius 2 is 1.78 bits per heavy atom. The Kier molecular flexibility index (Phi) is 4.68. The Morgan fingerprint density at radius 1 is 0.957 bits per heavy atom. The van der Waals surface area contributed by atoms with Crippen LogP contribution in [0.15, 0.2) is 76.7 Å². The number of hydrogen-bond acceptors (Lipinski definition) is 4. The SMILES string of the molecule is Cc1cccc(Sc2ccc(C(=O)Nc3ccccc3)nn2)c1. The van der Waals surface area contributed by atoms with Crippen LogP contribution in [0.2, 0.25) is 0 Å². The van der Waals surface area contributed by atoms with Gasteiger partial charge in [0.15, 0.2) is 5.69 Å². The van der Waals surface area contributed by atoms with E-state index in [1.807, 2.05) is 55.5 Å². The third-order valence-corrected chi connectivity index (χ3v) is 4.03. The summed E-state index contributed by atoms with van der Waals surface area (Å²) in [5.74, 6) is -0.268. The van der Waals surface area contributed by atoms with Crippen molar-refractivity contribution in [1.29, 1.82) is 0 Å². The van der Waals surface area contributed by atoms with Gasteiger partial charge in [0.25, 0.3) is 5.91 Å². The fraction of sp³-hybridized carbons (Fsp3) is 0.0556. The van der Waals surface area contributed by atoms with Crippen molar-refractivity contribution in [1.82, 2.24) is 10.2 Å². The van der Waals surface area contributed by atoms with Crippen molar-refractivity contribution in [2.75, 3.05) is 5.32 Å². The van der Waals surface area contributed by atoms with Crippen molar-refractivity contribution in [3.05, 3.63) is 78.0 Å². The smallest absolute Gasteiger partial charge is 0.276 e. The lowest BCUT2D eigenvalue weighted by Gasteiger charge is -2.05. The fourth-order valence-electron chi connectivity index (χ4n) is 2.01. The molecule has 1 heterocycles. The lowest BCUT2D eigenvalue weighted by atomic mass is 10.2. The van der Waals surface area contributed by atoms with Gasteiger partial charge in [-0.2, -0.15) is 0 Å². The summed E-state index contributed by atoms with van der Waals surface area (Å²) in [5.41, 5.74) is 2.22. The molecule has 0 aliphatic rings. The van der Waals surface area contributed by atoms with Gasteiger partial charge in [0.2, 0.25) is 0 Å². The summed E-state index contributed by atoms with van der Waals surface area (Å²) in [4.78, 5) is 13.2. The van der Waals surface area contributed by atoms with Gasteiger partial charge in [0.1, 0.15) is 5.03 Å². The van der Waals surface area contributed by atoms with Crippen LogP contribution in [-0.4, -0.2) is 16.1 Å². The zero-order valence-corrected chi connectivity index (χ0v) is 13.4. The van der Waals surface area contributed by atoms with Crippen molar-refractivity contribution in [2.45, 2.75) is 16.8 Å². The maximum absolute atomic E-state index is 12.1. The highest BCUT2D eigenvalue weighted by Crippen LogP contribution is 2.25. The van der Waals surface area contributed by atoms with Crippen LogP contribution in [0.25, 0.3) is 0 Å². The van der Waals surface area contributed by atoms with Gasteiger partial charge < -0.3 is 5.32 Å². The van der Waals surface area contributed by atoms with Crippen molar-refractivity contribution in [2.24, 2.45) is 0 Å². The maximum atomic E-state index is 12.1. The van der Waals surface area contributed by atoms with Crippen LogP contribution in [0.1, 0.15) is 16.1 Å². The number of anilines is 1. The monoisotopic (exact) mass is 321 g/mol. The van der Waals surface area contributed by atoms with Crippen LogP contribution in [0.4, 0.5) is 5.69 Å². The van der Waals surface area contributed by atoms with E-state index in [0.29, 0.717) is 5.69 Å². The third-order valence-electron chi connectivity index (χ3n) is 3.12. The first-order valence-corrected chi connectivity index (χ1v) is 7.97. The van der Waals surface area contributed by atoms with Crippen molar-refractivity contribution >= 4 is 23.4 Å². The molecule has 1 amide bonds. The van der Waals surface area contributed by atoms with Crippen molar-refractivity contribution < 1.29 is 4.79 Å². The van der Waals surface area contributed by atoms with E-state index < -0.39 is 0 Å². The number of nitrogens with one attached hydrogen (secondary N) is 1. The molecule has 4 nitrogen and oxygen atoms in total. The van der Waals surface area contributed by atoms with E-state index in [9.17, 15) is 4.79 Å². The normalized spacial score (nSPS) is 10.3. The van der Waals surface area contributed by atoms with E-state index in [-0.39, 0.29) is 5.91 Å². The second-order valence-electron chi connectivity index (χ2n) is 5.00. The molecule has 3 rings (SSSR count). The third kappa shape index (κ3) is 4.17. The summed E-state index contributed by atoms with van der Waals surface area (Å²) >= 11 is 1.52. The number of aryl methyl sites for hydroxylation is 1. The fourth-order valence-corrected chi connectivity index (χ4v) is 2.86. The number of aromatic nitrogens is 2. The molecule has 0 fully saturated rings. The maximum Gasteiger partial charge on any atom is 0.276 e. The lowest BCUT2D eigenvalue weighted by Crippen LogP contribution is -2.14. The largest absolute Gasteiger partial charge is 0.321 e. The van der Waals surface area contributed by atoms with E-state index in [2.05, 4.69) is 21.6 Å². The number of benzene rings is 2. The van der Waals surface area contributed by atoms with Gasteiger partial charge >= 0.3 is 0 Å². The number of nitrogens with zero attached hydrogens (tertiary/aromatic N) is 2. The molecule has 3 aromatic rings.